The summed E-state index contributed by atoms with van der Waals surface area (Å²) >= 11 is 3.47. The lowest BCUT2D eigenvalue weighted by atomic mass is 10.1. The van der Waals surface area contributed by atoms with Crippen molar-refractivity contribution in [3.05, 3.63) is 57.6 Å². The average Bonchev–Trinajstić information content (AvgIpc) is 2.67. The standard InChI is InChI=1S/C21H21BrN2O3/c1-4-9-27-20-12-17(22)15(11-19(20)26-3)10-16(13-23)21(25)24-18-8-6-5-7-14(18)2/h5-8,10-12H,4,9H2,1-3H3,(H,24,25)/b16-10-. The molecule has 0 unspecified atom stereocenters. The van der Waals surface area contributed by atoms with Crippen LogP contribution in [-0.4, -0.2) is 19.6 Å². The normalized spacial score (nSPS) is 10.9. The maximum absolute atomic E-state index is 12.5. The maximum Gasteiger partial charge on any atom is 0.266 e. The fourth-order valence-electron chi connectivity index (χ4n) is 2.35. The molecule has 2 aromatic carbocycles. The number of nitrogens with zero attached hydrogens (tertiary/aromatic N) is 1. The van der Waals surface area contributed by atoms with E-state index in [0.717, 1.165) is 12.0 Å². The Morgan fingerprint density at radius 2 is 2.04 bits per heavy atom. The van der Waals surface area contributed by atoms with Crippen LogP contribution in [-0.2, 0) is 4.79 Å². The van der Waals surface area contributed by atoms with Gasteiger partial charge in [-0.25, -0.2) is 0 Å². The summed E-state index contributed by atoms with van der Waals surface area (Å²) in [6.07, 6.45) is 2.39. The van der Waals surface area contributed by atoms with Crippen molar-refractivity contribution in [3.8, 4) is 17.6 Å². The Morgan fingerprint density at radius 3 is 2.67 bits per heavy atom. The van der Waals surface area contributed by atoms with Gasteiger partial charge in [0.15, 0.2) is 11.5 Å². The van der Waals surface area contributed by atoms with E-state index in [9.17, 15) is 10.1 Å². The van der Waals surface area contributed by atoms with Crippen LogP contribution in [0.15, 0.2) is 46.4 Å². The topological polar surface area (TPSA) is 71.3 Å². The number of methoxy groups -OCH3 is 1. The summed E-state index contributed by atoms with van der Waals surface area (Å²) in [7, 11) is 1.55. The molecule has 140 valence electrons. The van der Waals surface area contributed by atoms with Crippen molar-refractivity contribution in [3.63, 3.8) is 0 Å². The molecule has 1 N–H and O–H groups in total. The van der Waals surface area contributed by atoms with Gasteiger partial charge in [-0.3, -0.25) is 4.79 Å². The van der Waals surface area contributed by atoms with E-state index in [1.807, 2.05) is 38.1 Å². The van der Waals surface area contributed by atoms with Gasteiger partial charge in [-0.1, -0.05) is 41.1 Å². The van der Waals surface area contributed by atoms with E-state index in [1.54, 1.807) is 25.3 Å². The second kappa shape index (κ2) is 9.79. The van der Waals surface area contributed by atoms with Crippen molar-refractivity contribution in [2.45, 2.75) is 20.3 Å². The Labute approximate surface area is 167 Å². The first-order valence-electron chi connectivity index (χ1n) is 8.49. The molecule has 0 aliphatic heterocycles. The van der Waals surface area contributed by atoms with Crippen molar-refractivity contribution in [2.24, 2.45) is 0 Å². The third-order valence-electron chi connectivity index (χ3n) is 3.80. The van der Waals surface area contributed by atoms with Gasteiger partial charge in [0.2, 0.25) is 0 Å². The van der Waals surface area contributed by atoms with Crippen LogP contribution in [0.4, 0.5) is 5.69 Å². The largest absolute Gasteiger partial charge is 0.493 e. The lowest BCUT2D eigenvalue weighted by Crippen LogP contribution is -2.14. The number of nitriles is 1. The van der Waals surface area contributed by atoms with Gasteiger partial charge in [0.25, 0.3) is 5.91 Å². The number of aryl methyl sites for hydroxylation is 1. The highest BCUT2D eigenvalue weighted by atomic mass is 79.9. The zero-order valence-corrected chi connectivity index (χ0v) is 17.1. The lowest BCUT2D eigenvalue weighted by molar-refractivity contribution is -0.112. The van der Waals surface area contributed by atoms with E-state index in [-0.39, 0.29) is 5.57 Å². The summed E-state index contributed by atoms with van der Waals surface area (Å²) in [5, 5.41) is 12.2. The van der Waals surface area contributed by atoms with Gasteiger partial charge >= 0.3 is 0 Å². The number of nitrogens with one attached hydrogen (secondary N) is 1. The predicted molar refractivity (Wildman–Crippen MR) is 110 cm³/mol. The maximum atomic E-state index is 12.5. The first-order chi connectivity index (χ1) is 13.0. The van der Waals surface area contributed by atoms with Crippen LogP contribution in [0, 0.1) is 18.3 Å². The molecule has 6 heteroatoms. The number of carbonyl (C=O) groups excluding carboxylic acids is 1. The molecule has 0 fully saturated rings. The third-order valence-corrected chi connectivity index (χ3v) is 4.49. The predicted octanol–water partition coefficient (Wildman–Crippen LogP) is 5.10. The van der Waals surface area contributed by atoms with E-state index in [1.165, 1.54) is 6.08 Å². The zero-order valence-electron chi connectivity index (χ0n) is 15.5. The smallest absolute Gasteiger partial charge is 0.266 e. The molecule has 0 aliphatic carbocycles. The number of hydrogen-bond donors (Lipinski definition) is 1. The van der Waals surface area contributed by atoms with Gasteiger partial charge in [-0.15, -0.1) is 0 Å². The molecule has 0 saturated carbocycles. The van der Waals surface area contributed by atoms with Crippen LogP contribution in [0.2, 0.25) is 0 Å². The number of amides is 1. The molecule has 0 aromatic heterocycles. The summed E-state index contributed by atoms with van der Waals surface area (Å²) in [4.78, 5) is 12.5. The first-order valence-corrected chi connectivity index (χ1v) is 9.28. The fraction of sp³-hybridized carbons (Fsp3) is 0.238. The SMILES string of the molecule is CCCOc1cc(Br)c(/C=C(/C#N)C(=O)Nc2ccccc2C)cc1OC. The van der Waals surface area contributed by atoms with Gasteiger partial charge in [0, 0.05) is 10.2 Å². The van der Waals surface area contributed by atoms with Crippen LogP contribution >= 0.6 is 15.9 Å². The van der Waals surface area contributed by atoms with E-state index >= 15 is 0 Å². The van der Waals surface area contributed by atoms with Crippen LogP contribution < -0.4 is 14.8 Å². The number of hydrogen-bond acceptors (Lipinski definition) is 4. The van der Waals surface area contributed by atoms with Crippen molar-refractivity contribution < 1.29 is 14.3 Å². The second-order valence-corrected chi connectivity index (χ2v) is 6.67. The molecular formula is C21H21BrN2O3. The fourth-order valence-corrected chi connectivity index (χ4v) is 2.79. The molecule has 0 atom stereocenters. The molecule has 0 radical (unpaired) electrons. The number of carbonyl (C=O) groups is 1. The van der Waals surface area contributed by atoms with Crippen LogP contribution in [0.3, 0.4) is 0 Å². The van der Waals surface area contributed by atoms with Crippen molar-refractivity contribution >= 4 is 33.6 Å². The first kappa shape index (κ1) is 20.5. The summed E-state index contributed by atoms with van der Waals surface area (Å²) in [5.41, 5.74) is 2.22. The Bertz CT molecular complexity index is 901. The molecule has 5 nitrogen and oxygen atoms in total. The van der Waals surface area contributed by atoms with Crippen LogP contribution in [0.5, 0.6) is 11.5 Å². The Hall–Kier alpha value is -2.78. The number of halogens is 1. The van der Waals surface area contributed by atoms with Gasteiger partial charge in [-0.2, -0.15) is 5.26 Å². The minimum atomic E-state index is -0.469. The monoisotopic (exact) mass is 428 g/mol. The zero-order chi connectivity index (χ0) is 19.8. The molecule has 2 aromatic rings. The van der Waals surface area contributed by atoms with E-state index < -0.39 is 5.91 Å². The molecule has 0 heterocycles. The Kier molecular flexibility index (Phi) is 7.44. The molecule has 0 saturated heterocycles. The highest BCUT2D eigenvalue weighted by Crippen LogP contribution is 2.34. The highest BCUT2D eigenvalue weighted by Gasteiger charge is 2.14. The second-order valence-electron chi connectivity index (χ2n) is 5.81. The van der Waals surface area contributed by atoms with Gasteiger partial charge in [0.05, 0.1) is 13.7 Å². The number of anilines is 1. The lowest BCUT2D eigenvalue weighted by Gasteiger charge is -2.12. The number of rotatable bonds is 7. The molecule has 2 rings (SSSR count). The van der Waals surface area contributed by atoms with E-state index in [0.29, 0.717) is 33.8 Å². The molecule has 1 amide bonds. The summed E-state index contributed by atoms with van der Waals surface area (Å²) in [6.45, 7) is 4.48. The molecule has 0 bridgehead atoms. The highest BCUT2D eigenvalue weighted by molar-refractivity contribution is 9.10. The Morgan fingerprint density at radius 1 is 1.30 bits per heavy atom. The third kappa shape index (κ3) is 5.35. The van der Waals surface area contributed by atoms with Gasteiger partial charge in [-0.05, 0) is 48.7 Å². The summed E-state index contributed by atoms with van der Waals surface area (Å²) < 4.78 is 11.7. The molecule has 0 aliphatic rings. The number of para-hydroxylation sites is 1. The van der Waals surface area contributed by atoms with Crippen LogP contribution in [0.25, 0.3) is 6.08 Å². The quantitative estimate of drug-likeness (QED) is 0.491. The summed E-state index contributed by atoms with van der Waals surface area (Å²) in [5.74, 6) is 0.671. The minimum absolute atomic E-state index is 0.0109. The minimum Gasteiger partial charge on any atom is -0.493 e. The number of benzene rings is 2. The van der Waals surface area contributed by atoms with Crippen molar-refractivity contribution in [1.29, 1.82) is 5.26 Å². The summed E-state index contributed by atoms with van der Waals surface area (Å²) in [6, 6.07) is 12.9. The van der Waals surface area contributed by atoms with Crippen molar-refractivity contribution in [1.82, 2.24) is 0 Å². The van der Waals surface area contributed by atoms with Gasteiger partial charge < -0.3 is 14.8 Å². The molecule has 27 heavy (non-hydrogen) atoms. The number of ether oxygens (including phenoxy) is 2. The van der Waals surface area contributed by atoms with Crippen molar-refractivity contribution in [2.75, 3.05) is 19.0 Å². The van der Waals surface area contributed by atoms with E-state index in [4.69, 9.17) is 9.47 Å². The average molecular weight is 429 g/mol. The Balaban J connectivity index is 2.32. The molecule has 0 spiro atoms. The van der Waals surface area contributed by atoms with Crippen LogP contribution in [0.1, 0.15) is 24.5 Å². The van der Waals surface area contributed by atoms with Gasteiger partial charge in [0.1, 0.15) is 11.6 Å². The van der Waals surface area contributed by atoms with E-state index in [2.05, 4.69) is 21.2 Å². The molecular weight excluding hydrogens is 408 g/mol.